The molecule has 2 nitrogen and oxygen atoms in total. The molecule has 4 atom stereocenters. The molecule has 0 spiro atoms. The molecule has 0 unspecified atom stereocenters. The lowest BCUT2D eigenvalue weighted by atomic mass is 9.88. The lowest BCUT2D eigenvalue weighted by Gasteiger charge is -2.22. The Bertz CT molecular complexity index is 195. The molecule has 2 saturated carbocycles. The first-order valence-corrected chi connectivity index (χ1v) is 4.55. The topological polar surface area (TPSA) is 43.1 Å². The molecule has 62 valence electrons. The number of hydrogen-bond donors (Lipinski definition) is 1. The van der Waals surface area contributed by atoms with Crippen molar-refractivity contribution in [1.29, 1.82) is 0 Å². The number of rotatable bonds is 1. The molecule has 2 aliphatic carbocycles. The average molecular weight is 174 g/mol. The van der Waals surface area contributed by atoms with Crippen molar-refractivity contribution < 1.29 is 4.79 Å². The minimum absolute atomic E-state index is 0.0799. The highest BCUT2D eigenvalue weighted by Crippen LogP contribution is 2.50. The second-order valence-corrected chi connectivity index (χ2v) is 4.32. The van der Waals surface area contributed by atoms with Gasteiger partial charge in [0.25, 0.3) is 0 Å². The molecule has 2 fully saturated rings. The maximum absolute atomic E-state index is 10.9. The molecule has 0 aromatic carbocycles. The zero-order valence-electron chi connectivity index (χ0n) is 6.29. The van der Waals surface area contributed by atoms with Gasteiger partial charge in [-0.05, 0) is 31.1 Å². The summed E-state index contributed by atoms with van der Waals surface area (Å²) in [6.07, 6.45) is 3.21. The molecule has 0 aromatic rings. The summed E-state index contributed by atoms with van der Waals surface area (Å²) in [6.45, 7) is 0. The van der Waals surface area contributed by atoms with Crippen LogP contribution in [0.1, 0.15) is 19.3 Å². The van der Waals surface area contributed by atoms with Crippen LogP contribution in [0.5, 0.6) is 0 Å². The Balaban J connectivity index is 2.12. The summed E-state index contributed by atoms with van der Waals surface area (Å²) in [5.41, 5.74) is 5.25. The van der Waals surface area contributed by atoms with Gasteiger partial charge >= 0.3 is 0 Å². The van der Waals surface area contributed by atoms with E-state index in [-0.39, 0.29) is 17.2 Å². The van der Waals surface area contributed by atoms with Crippen molar-refractivity contribution in [2.24, 2.45) is 23.5 Å². The van der Waals surface area contributed by atoms with Crippen molar-refractivity contribution in [2.45, 2.75) is 24.6 Å². The van der Waals surface area contributed by atoms with Crippen LogP contribution in [0.15, 0.2) is 0 Å². The van der Waals surface area contributed by atoms with Crippen molar-refractivity contribution in [1.82, 2.24) is 0 Å². The quantitative estimate of drug-likeness (QED) is 0.594. The Morgan fingerprint density at radius 2 is 2.09 bits per heavy atom. The van der Waals surface area contributed by atoms with Crippen LogP contribution in [0.3, 0.4) is 0 Å². The number of nitrogens with two attached hydrogens (primary N) is 1. The number of halogens is 1. The lowest BCUT2D eigenvalue weighted by molar-refractivity contribution is -0.123. The highest BCUT2D eigenvalue weighted by molar-refractivity contribution is 6.21. The second-order valence-electron chi connectivity index (χ2n) is 3.76. The Morgan fingerprint density at radius 1 is 1.36 bits per heavy atom. The zero-order chi connectivity index (χ0) is 8.01. The Labute approximate surface area is 71.1 Å². The van der Waals surface area contributed by atoms with Crippen molar-refractivity contribution in [2.75, 3.05) is 0 Å². The molecular weight excluding hydrogens is 162 g/mol. The molecule has 0 aliphatic heterocycles. The largest absolute Gasteiger partial charge is 0.369 e. The number of primary amides is 1. The molecule has 0 radical (unpaired) electrons. The van der Waals surface area contributed by atoms with Gasteiger partial charge in [0.15, 0.2) is 0 Å². The van der Waals surface area contributed by atoms with Crippen LogP contribution < -0.4 is 5.73 Å². The highest BCUT2D eigenvalue weighted by atomic mass is 35.5. The molecule has 11 heavy (non-hydrogen) atoms. The summed E-state index contributed by atoms with van der Waals surface area (Å²) in [4.78, 5) is 10.9. The third-order valence-electron chi connectivity index (χ3n) is 3.10. The highest BCUT2D eigenvalue weighted by Gasteiger charge is 2.47. The molecule has 3 heteroatoms. The molecule has 0 heterocycles. The van der Waals surface area contributed by atoms with Crippen LogP contribution in [0.4, 0.5) is 0 Å². The van der Waals surface area contributed by atoms with E-state index in [1.807, 2.05) is 0 Å². The third-order valence-corrected chi connectivity index (χ3v) is 3.60. The Kier molecular flexibility index (Phi) is 1.60. The number of hydrogen-bond acceptors (Lipinski definition) is 1. The van der Waals surface area contributed by atoms with Crippen molar-refractivity contribution in [3.8, 4) is 0 Å². The summed E-state index contributed by atoms with van der Waals surface area (Å²) in [5.74, 6) is 0.998. The van der Waals surface area contributed by atoms with Crippen LogP contribution in [0.25, 0.3) is 0 Å². The van der Waals surface area contributed by atoms with Gasteiger partial charge in [-0.15, -0.1) is 11.6 Å². The van der Waals surface area contributed by atoms with Gasteiger partial charge in [0, 0.05) is 11.3 Å². The van der Waals surface area contributed by atoms with E-state index >= 15 is 0 Å². The maximum Gasteiger partial charge on any atom is 0.220 e. The average Bonchev–Trinajstić information content (AvgIpc) is 2.43. The fraction of sp³-hybridized carbons (Fsp3) is 0.875. The van der Waals surface area contributed by atoms with Gasteiger partial charge in [0.2, 0.25) is 5.91 Å². The number of amides is 1. The molecule has 2 aliphatic rings. The van der Waals surface area contributed by atoms with Crippen LogP contribution in [0.2, 0.25) is 0 Å². The molecule has 2 rings (SSSR count). The molecule has 2 N–H and O–H groups in total. The molecule has 0 aromatic heterocycles. The van der Waals surface area contributed by atoms with Gasteiger partial charge in [-0.25, -0.2) is 0 Å². The Hall–Kier alpha value is -0.240. The van der Waals surface area contributed by atoms with Crippen LogP contribution in [-0.4, -0.2) is 11.3 Å². The van der Waals surface area contributed by atoms with Crippen molar-refractivity contribution >= 4 is 17.5 Å². The van der Waals surface area contributed by atoms with E-state index in [9.17, 15) is 4.79 Å². The van der Waals surface area contributed by atoms with Gasteiger partial charge in [-0.2, -0.15) is 0 Å². The predicted molar refractivity (Wildman–Crippen MR) is 43.2 cm³/mol. The summed E-state index contributed by atoms with van der Waals surface area (Å²) in [7, 11) is 0. The normalized spacial score (nSPS) is 48.1. The van der Waals surface area contributed by atoms with Crippen molar-refractivity contribution in [3.05, 3.63) is 0 Å². The first kappa shape index (κ1) is 7.41. The Morgan fingerprint density at radius 3 is 2.45 bits per heavy atom. The van der Waals surface area contributed by atoms with Gasteiger partial charge in [0.05, 0.1) is 0 Å². The lowest BCUT2D eigenvalue weighted by Crippen LogP contribution is -2.32. The van der Waals surface area contributed by atoms with E-state index in [1.165, 1.54) is 0 Å². The van der Waals surface area contributed by atoms with E-state index < -0.39 is 0 Å². The molecule has 1 amide bonds. The predicted octanol–water partition coefficient (Wildman–Crippen LogP) is 1.13. The van der Waals surface area contributed by atoms with Gasteiger partial charge < -0.3 is 5.73 Å². The monoisotopic (exact) mass is 173 g/mol. The fourth-order valence-corrected chi connectivity index (χ4v) is 3.12. The fourth-order valence-electron chi connectivity index (χ4n) is 2.59. The zero-order valence-corrected chi connectivity index (χ0v) is 7.05. The van der Waals surface area contributed by atoms with Crippen LogP contribution in [0, 0.1) is 17.8 Å². The van der Waals surface area contributed by atoms with Crippen molar-refractivity contribution in [3.63, 3.8) is 0 Å². The molecule has 2 bridgehead atoms. The van der Waals surface area contributed by atoms with E-state index in [4.69, 9.17) is 17.3 Å². The van der Waals surface area contributed by atoms with Crippen LogP contribution in [-0.2, 0) is 4.79 Å². The SMILES string of the molecule is NC(=O)[C@H]1C[C@@H]2C[C@H]1[C@H](Cl)C2. The number of alkyl halides is 1. The van der Waals surface area contributed by atoms with E-state index in [2.05, 4.69) is 0 Å². The summed E-state index contributed by atoms with van der Waals surface area (Å²) in [6, 6.07) is 0. The molecular formula is C8H12ClNO. The minimum Gasteiger partial charge on any atom is -0.369 e. The summed E-state index contributed by atoms with van der Waals surface area (Å²) in [5, 5.41) is 0.214. The summed E-state index contributed by atoms with van der Waals surface area (Å²) >= 11 is 6.04. The first-order chi connectivity index (χ1) is 5.18. The van der Waals surface area contributed by atoms with Gasteiger partial charge in [-0.3, -0.25) is 4.79 Å². The van der Waals surface area contributed by atoms with Gasteiger partial charge in [0.1, 0.15) is 0 Å². The minimum atomic E-state index is -0.150. The second kappa shape index (κ2) is 2.37. The van der Waals surface area contributed by atoms with Crippen LogP contribution >= 0.6 is 11.6 Å². The number of fused-ring (bicyclic) bond motifs is 2. The number of carbonyl (C=O) groups is 1. The van der Waals surface area contributed by atoms with E-state index in [1.54, 1.807) is 0 Å². The first-order valence-electron chi connectivity index (χ1n) is 4.12. The smallest absolute Gasteiger partial charge is 0.220 e. The van der Waals surface area contributed by atoms with E-state index in [0.29, 0.717) is 11.8 Å². The number of carbonyl (C=O) groups excluding carboxylic acids is 1. The summed E-state index contributed by atoms with van der Waals surface area (Å²) < 4.78 is 0. The van der Waals surface area contributed by atoms with Gasteiger partial charge in [-0.1, -0.05) is 0 Å². The maximum atomic E-state index is 10.9. The molecule has 0 saturated heterocycles. The third kappa shape index (κ3) is 1.04. The standard InChI is InChI=1S/C8H12ClNO/c9-7-3-4-1-5(7)6(2-4)8(10)11/h4-7H,1-3H2,(H2,10,11)/t4-,5+,6-,7+/m0/s1. The van der Waals surface area contributed by atoms with E-state index in [0.717, 1.165) is 19.3 Å².